The van der Waals surface area contributed by atoms with E-state index in [0.29, 0.717) is 13.0 Å². The zero-order valence-electron chi connectivity index (χ0n) is 16.3. The second kappa shape index (κ2) is 9.45. The van der Waals surface area contributed by atoms with Gasteiger partial charge in [0.1, 0.15) is 0 Å². The van der Waals surface area contributed by atoms with Gasteiger partial charge in [0.25, 0.3) is 0 Å². The number of hydrogen-bond acceptors (Lipinski definition) is 7. The van der Waals surface area contributed by atoms with E-state index in [9.17, 15) is 4.79 Å². The summed E-state index contributed by atoms with van der Waals surface area (Å²) >= 11 is 3.15. The summed E-state index contributed by atoms with van der Waals surface area (Å²) < 4.78 is 0. The molecule has 0 saturated carbocycles. The number of thiazole rings is 1. The van der Waals surface area contributed by atoms with Gasteiger partial charge in [-0.15, -0.1) is 11.3 Å². The van der Waals surface area contributed by atoms with E-state index < -0.39 is 0 Å². The highest BCUT2D eigenvalue weighted by molar-refractivity contribution is 7.98. The predicted molar refractivity (Wildman–Crippen MR) is 115 cm³/mol. The molecule has 0 bridgehead atoms. The molecule has 0 spiro atoms. The number of likely N-dealkylation sites (tertiary alicyclic amines) is 1. The third kappa shape index (κ3) is 5.19. The maximum Gasteiger partial charge on any atom is 0.228 e. The van der Waals surface area contributed by atoms with Crippen molar-refractivity contribution in [2.75, 3.05) is 13.1 Å². The zero-order chi connectivity index (χ0) is 20.1. The number of amides is 1. The lowest BCUT2D eigenvalue weighted by molar-refractivity contribution is -0.131. The first-order valence-electron chi connectivity index (χ1n) is 9.69. The molecule has 0 radical (unpaired) electrons. The highest BCUT2D eigenvalue weighted by Crippen LogP contribution is 2.30. The highest BCUT2D eigenvalue weighted by Gasteiger charge is 2.27. The van der Waals surface area contributed by atoms with Gasteiger partial charge < -0.3 is 4.90 Å². The van der Waals surface area contributed by atoms with E-state index in [2.05, 4.69) is 27.9 Å². The number of nitrogens with zero attached hydrogens (tertiary/aromatic N) is 5. The second-order valence-electron chi connectivity index (χ2n) is 7.21. The molecular formula is C21H23N5OS2. The topological polar surface area (TPSA) is 71.9 Å². The first kappa shape index (κ1) is 20.0. The van der Waals surface area contributed by atoms with Gasteiger partial charge in [0.05, 0.1) is 23.3 Å². The van der Waals surface area contributed by atoms with Gasteiger partial charge in [0, 0.05) is 48.7 Å². The molecule has 1 amide bonds. The van der Waals surface area contributed by atoms with Crippen LogP contribution in [0, 0.1) is 6.92 Å². The average Bonchev–Trinajstić information content (AvgIpc) is 3.27. The van der Waals surface area contributed by atoms with E-state index in [4.69, 9.17) is 4.98 Å². The lowest BCUT2D eigenvalue weighted by Crippen LogP contribution is -2.40. The Balaban J connectivity index is 1.43. The van der Waals surface area contributed by atoms with Gasteiger partial charge in [-0.1, -0.05) is 17.8 Å². The SMILES string of the molecule is Cc1cnc(SCc2cccnc2)nc1[C@H]1CCCN(C(=O)Cc2cscn2)C1. The van der Waals surface area contributed by atoms with Crippen LogP contribution in [0.1, 0.15) is 41.3 Å². The van der Waals surface area contributed by atoms with E-state index in [1.165, 1.54) is 11.3 Å². The number of hydrogen-bond donors (Lipinski definition) is 0. The molecule has 3 aromatic heterocycles. The predicted octanol–water partition coefficient (Wildman–Crippen LogP) is 3.88. The van der Waals surface area contributed by atoms with Crippen molar-refractivity contribution in [3.05, 3.63) is 64.1 Å². The third-order valence-electron chi connectivity index (χ3n) is 5.06. The van der Waals surface area contributed by atoms with Crippen LogP contribution in [0.15, 0.2) is 46.8 Å². The van der Waals surface area contributed by atoms with Crippen molar-refractivity contribution in [3.63, 3.8) is 0 Å². The molecule has 0 aliphatic carbocycles. The number of rotatable bonds is 6. The van der Waals surface area contributed by atoms with Crippen LogP contribution in [-0.2, 0) is 17.0 Å². The first-order valence-corrected chi connectivity index (χ1v) is 11.6. The maximum atomic E-state index is 12.7. The maximum absolute atomic E-state index is 12.7. The smallest absolute Gasteiger partial charge is 0.228 e. The number of carbonyl (C=O) groups excluding carboxylic acids is 1. The molecule has 0 aromatic carbocycles. The lowest BCUT2D eigenvalue weighted by Gasteiger charge is -2.33. The fraction of sp³-hybridized carbons (Fsp3) is 0.381. The second-order valence-corrected chi connectivity index (χ2v) is 8.87. The quantitative estimate of drug-likeness (QED) is 0.441. The van der Waals surface area contributed by atoms with Crippen molar-refractivity contribution in [2.24, 2.45) is 0 Å². The highest BCUT2D eigenvalue weighted by atomic mass is 32.2. The summed E-state index contributed by atoms with van der Waals surface area (Å²) in [4.78, 5) is 32.4. The minimum atomic E-state index is 0.151. The fourth-order valence-electron chi connectivity index (χ4n) is 3.57. The zero-order valence-corrected chi connectivity index (χ0v) is 18.0. The minimum absolute atomic E-state index is 0.151. The average molecular weight is 426 g/mol. The molecular weight excluding hydrogens is 402 g/mol. The molecule has 0 unspecified atom stereocenters. The summed E-state index contributed by atoms with van der Waals surface area (Å²) in [5, 5.41) is 2.72. The first-order chi connectivity index (χ1) is 14.2. The normalized spacial score (nSPS) is 16.7. The molecule has 1 saturated heterocycles. The number of carbonyl (C=O) groups is 1. The van der Waals surface area contributed by atoms with Gasteiger partial charge >= 0.3 is 0 Å². The molecule has 1 aliphatic heterocycles. The van der Waals surface area contributed by atoms with Gasteiger partial charge in [-0.05, 0) is 37.0 Å². The summed E-state index contributed by atoms with van der Waals surface area (Å²) in [5.41, 5.74) is 5.94. The standard InChI is InChI=1S/C21H23N5OS2/c1-15-9-23-21(29-12-16-4-2-6-22-10-16)25-20(15)17-5-3-7-26(11-17)19(27)8-18-13-28-14-24-18/h2,4,6,9-10,13-14,17H,3,5,7-8,11-12H2,1H3/t17-/m0/s1. The van der Waals surface area contributed by atoms with Gasteiger partial charge in [0.15, 0.2) is 5.16 Å². The van der Waals surface area contributed by atoms with Crippen LogP contribution < -0.4 is 0 Å². The minimum Gasteiger partial charge on any atom is -0.342 e. The van der Waals surface area contributed by atoms with Crippen molar-refractivity contribution in [3.8, 4) is 0 Å². The molecule has 1 atom stereocenters. The summed E-state index contributed by atoms with van der Waals surface area (Å²) in [5.74, 6) is 1.20. The van der Waals surface area contributed by atoms with Crippen LogP contribution in [0.3, 0.4) is 0 Å². The molecule has 1 aliphatic rings. The van der Waals surface area contributed by atoms with Crippen LogP contribution in [-0.4, -0.2) is 43.8 Å². The fourth-order valence-corrected chi connectivity index (χ4v) is 4.89. The summed E-state index contributed by atoms with van der Waals surface area (Å²) in [6.45, 7) is 3.58. The molecule has 4 heterocycles. The molecule has 8 heteroatoms. The van der Waals surface area contributed by atoms with Gasteiger partial charge in [-0.25, -0.2) is 15.0 Å². The van der Waals surface area contributed by atoms with E-state index in [-0.39, 0.29) is 11.8 Å². The number of piperidine rings is 1. The number of aryl methyl sites for hydroxylation is 1. The molecule has 0 N–H and O–H groups in total. The van der Waals surface area contributed by atoms with Gasteiger partial charge in [-0.3, -0.25) is 9.78 Å². The molecule has 3 aromatic rings. The van der Waals surface area contributed by atoms with Crippen molar-refractivity contribution in [2.45, 2.75) is 43.0 Å². The largest absolute Gasteiger partial charge is 0.342 e. The summed E-state index contributed by atoms with van der Waals surface area (Å²) in [6, 6.07) is 4.00. The Morgan fingerprint density at radius 3 is 3.07 bits per heavy atom. The van der Waals surface area contributed by atoms with E-state index in [1.54, 1.807) is 23.5 Å². The van der Waals surface area contributed by atoms with Crippen molar-refractivity contribution in [1.29, 1.82) is 0 Å². The Morgan fingerprint density at radius 1 is 1.34 bits per heavy atom. The number of aromatic nitrogens is 4. The monoisotopic (exact) mass is 425 g/mol. The number of pyridine rings is 1. The van der Waals surface area contributed by atoms with Gasteiger partial charge in [0.2, 0.25) is 5.91 Å². The van der Waals surface area contributed by atoms with E-state index >= 15 is 0 Å². The van der Waals surface area contributed by atoms with Crippen molar-refractivity contribution in [1.82, 2.24) is 24.8 Å². The molecule has 4 rings (SSSR count). The Labute approximate surface area is 178 Å². The third-order valence-corrected chi connectivity index (χ3v) is 6.62. The Bertz CT molecular complexity index is 949. The van der Waals surface area contributed by atoms with Crippen LogP contribution in [0.4, 0.5) is 0 Å². The molecule has 150 valence electrons. The van der Waals surface area contributed by atoms with E-state index in [1.807, 2.05) is 28.7 Å². The Morgan fingerprint density at radius 2 is 2.28 bits per heavy atom. The van der Waals surface area contributed by atoms with Crippen molar-refractivity contribution < 1.29 is 4.79 Å². The van der Waals surface area contributed by atoms with E-state index in [0.717, 1.165) is 52.8 Å². The van der Waals surface area contributed by atoms with Crippen LogP contribution in [0.2, 0.25) is 0 Å². The van der Waals surface area contributed by atoms with Crippen LogP contribution in [0.25, 0.3) is 0 Å². The molecule has 29 heavy (non-hydrogen) atoms. The molecule has 1 fully saturated rings. The molecule has 6 nitrogen and oxygen atoms in total. The Hall–Kier alpha value is -2.32. The lowest BCUT2D eigenvalue weighted by atomic mass is 9.92. The van der Waals surface area contributed by atoms with Crippen LogP contribution >= 0.6 is 23.1 Å². The van der Waals surface area contributed by atoms with Crippen LogP contribution in [0.5, 0.6) is 0 Å². The Kier molecular flexibility index (Phi) is 6.51. The summed E-state index contributed by atoms with van der Waals surface area (Å²) in [6.07, 6.45) is 7.98. The number of thioether (sulfide) groups is 1. The van der Waals surface area contributed by atoms with Crippen molar-refractivity contribution >= 4 is 29.0 Å². The summed E-state index contributed by atoms with van der Waals surface area (Å²) in [7, 11) is 0. The van der Waals surface area contributed by atoms with Gasteiger partial charge in [-0.2, -0.15) is 0 Å².